The van der Waals surface area contributed by atoms with Crippen molar-refractivity contribution in [1.29, 1.82) is 0 Å². The highest BCUT2D eigenvalue weighted by Crippen LogP contribution is 2.50. The number of carbonyl (C=O) groups is 2. The summed E-state index contributed by atoms with van der Waals surface area (Å²) in [6.07, 6.45) is 5.11. The third-order valence-electron chi connectivity index (χ3n) is 5.28. The minimum absolute atomic E-state index is 0.128. The summed E-state index contributed by atoms with van der Waals surface area (Å²) in [5.41, 5.74) is 2.73. The van der Waals surface area contributed by atoms with E-state index < -0.39 is 0 Å². The van der Waals surface area contributed by atoms with E-state index in [9.17, 15) is 9.59 Å². The summed E-state index contributed by atoms with van der Waals surface area (Å²) in [5.74, 6) is 0.796. The lowest BCUT2D eigenvalue weighted by atomic mass is 9.84. The summed E-state index contributed by atoms with van der Waals surface area (Å²) in [6.45, 7) is 0. The number of aromatic nitrogens is 1. The van der Waals surface area contributed by atoms with Crippen LogP contribution in [0, 0.1) is 0 Å². The highest BCUT2D eigenvalue weighted by Gasteiger charge is 2.39. The van der Waals surface area contributed by atoms with Crippen LogP contribution in [0.3, 0.4) is 0 Å². The van der Waals surface area contributed by atoms with Crippen LogP contribution in [0.1, 0.15) is 39.4 Å². The number of para-hydroxylation sites is 1. The molecular formula is C24H17NO5. The molecular weight excluding hydrogens is 382 g/mol. The van der Waals surface area contributed by atoms with Crippen molar-refractivity contribution in [3.8, 4) is 17.2 Å². The standard InChI is InChI=1S/C24H17NO5/c1-28-18-7-3-2-6-15(18)17-12-21(26)29-19-9-8-16-23(27)20(30-24(16)22(17)19)11-14-5-4-10-25-13-14/h2-11,13,17H,12H2,1H3/b20-11-. The fourth-order valence-corrected chi connectivity index (χ4v) is 3.94. The number of rotatable bonds is 3. The smallest absolute Gasteiger partial charge is 0.312 e. The molecule has 1 atom stereocenters. The van der Waals surface area contributed by atoms with E-state index in [1.165, 1.54) is 0 Å². The second-order valence-electron chi connectivity index (χ2n) is 7.05. The van der Waals surface area contributed by atoms with Gasteiger partial charge in [-0.1, -0.05) is 24.3 Å². The van der Waals surface area contributed by atoms with Gasteiger partial charge in [0.05, 0.1) is 19.1 Å². The van der Waals surface area contributed by atoms with Crippen LogP contribution < -0.4 is 14.2 Å². The average Bonchev–Trinajstić information content (AvgIpc) is 3.09. The Bertz CT molecular complexity index is 1200. The largest absolute Gasteiger partial charge is 0.496 e. The van der Waals surface area contributed by atoms with Crippen LogP contribution in [-0.2, 0) is 4.79 Å². The van der Waals surface area contributed by atoms with Gasteiger partial charge < -0.3 is 14.2 Å². The molecule has 2 aliphatic rings. The second kappa shape index (κ2) is 7.15. The number of hydrogen-bond acceptors (Lipinski definition) is 6. The number of allylic oxidation sites excluding steroid dienone is 1. The number of methoxy groups -OCH3 is 1. The maximum Gasteiger partial charge on any atom is 0.312 e. The van der Waals surface area contributed by atoms with E-state index in [4.69, 9.17) is 14.2 Å². The Morgan fingerprint density at radius 2 is 1.93 bits per heavy atom. The molecule has 3 aromatic rings. The van der Waals surface area contributed by atoms with E-state index in [1.54, 1.807) is 43.8 Å². The minimum Gasteiger partial charge on any atom is -0.496 e. The SMILES string of the molecule is COc1ccccc1C1CC(=O)Oc2ccc3c(c21)O/C(=C\c1cccnc1)C3=O. The van der Waals surface area contributed by atoms with E-state index in [-0.39, 0.29) is 29.9 Å². The van der Waals surface area contributed by atoms with E-state index in [1.807, 2.05) is 30.3 Å². The summed E-state index contributed by atoms with van der Waals surface area (Å²) in [4.78, 5) is 29.3. The monoisotopic (exact) mass is 399 g/mol. The van der Waals surface area contributed by atoms with Gasteiger partial charge in [-0.15, -0.1) is 0 Å². The molecule has 0 aliphatic carbocycles. The Morgan fingerprint density at radius 1 is 1.07 bits per heavy atom. The Balaban J connectivity index is 1.65. The quantitative estimate of drug-likeness (QED) is 0.374. The molecule has 148 valence electrons. The number of benzene rings is 2. The molecule has 1 unspecified atom stereocenters. The predicted molar refractivity (Wildman–Crippen MR) is 109 cm³/mol. The highest BCUT2D eigenvalue weighted by atomic mass is 16.5. The molecule has 5 rings (SSSR count). The lowest BCUT2D eigenvalue weighted by Gasteiger charge is -2.27. The summed E-state index contributed by atoms with van der Waals surface area (Å²) in [5, 5.41) is 0. The number of hydrogen-bond donors (Lipinski definition) is 0. The van der Waals surface area contributed by atoms with E-state index >= 15 is 0 Å². The summed E-state index contributed by atoms with van der Waals surface area (Å²) < 4.78 is 17.0. The first-order valence-electron chi connectivity index (χ1n) is 9.50. The highest BCUT2D eigenvalue weighted by molar-refractivity contribution is 6.15. The third kappa shape index (κ3) is 2.93. The number of esters is 1. The van der Waals surface area contributed by atoms with Crippen molar-refractivity contribution in [2.75, 3.05) is 7.11 Å². The van der Waals surface area contributed by atoms with Crippen LogP contribution in [0.5, 0.6) is 17.2 Å². The van der Waals surface area contributed by atoms with Crippen molar-refractivity contribution in [2.45, 2.75) is 12.3 Å². The predicted octanol–water partition coefficient (Wildman–Crippen LogP) is 4.15. The van der Waals surface area contributed by atoms with Crippen molar-refractivity contribution in [3.63, 3.8) is 0 Å². The van der Waals surface area contributed by atoms with Crippen LogP contribution in [-0.4, -0.2) is 23.8 Å². The van der Waals surface area contributed by atoms with Crippen molar-refractivity contribution < 1.29 is 23.8 Å². The molecule has 2 aliphatic heterocycles. The number of fused-ring (bicyclic) bond motifs is 3. The number of Topliss-reactive ketones (excluding diaryl/α,β-unsaturated/α-hetero) is 1. The Hall–Kier alpha value is -3.93. The lowest BCUT2D eigenvalue weighted by Crippen LogP contribution is -2.22. The van der Waals surface area contributed by atoms with Gasteiger partial charge in [-0.05, 0) is 35.9 Å². The molecule has 3 heterocycles. The van der Waals surface area contributed by atoms with E-state index in [2.05, 4.69) is 4.98 Å². The fraction of sp³-hybridized carbons (Fsp3) is 0.125. The lowest BCUT2D eigenvalue weighted by molar-refractivity contribution is -0.135. The van der Waals surface area contributed by atoms with Crippen molar-refractivity contribution in [2.24, 2.45) is 0 Å². The fourth-order valence-electron chi connectivity index (χ4n) is 3.94. The normalized spacial score (nSPS) is 18.4. The Kier molecular flexibility index (Phi) is 4.32. The number of ketones is 1. The van der Waals surface area contributed by atoms with Crippen molar-refractivity contribution in [3.05, 3.63) is 88.9 Å². The number of nitrogens with zero attached hydrogens (tertiary/aromatic N) is 1. The van der Waals surface area contributed by atoms with Gasteiger partial charge >= 0.3 is 5.97 Å². The van der Waals surface area contributed by atoms with Crippen LogP contribution in [0.2, 0.25) is 0 Å². The summed E-state index contributed by atoms with van der Waals surface area (Å²) >= 11 is 0. The molecule has 0 saturated heterocycles. The zero-order valence-corrected chi connectivity index (χ0v) is 16.1. The molecule has 1 aromatic heterocycles. The minimum atomic E-state index is -0.349. The zero-order valence-electron chi connectivity index (χ0n) is 16.1. The Morgan fingerprint density at radius 3 is 2.73 bits per heavy atom. The number of carbonyl (C=O) groups excluding carboxylic acids is 2. The first-order valence-corrected chi connectivity index (χ1v) is 9.50. The Labute approximate surface area is 172 Å². The molecule has 0 N–H and O–H groups in total. The molecule has 0 amide bonds. The summed E-state index contributed by atoms with van der Waals surface area (Å²) in [6, 6.07) is 14.4. The number of ether oxygens (including phenoxy) is 3. The number of pyridine rings is 1. The molecule has 0 radical (unpaired) electrons. The third-order valence-corrected chi connectivity index (χ3v) is 5.28. The van der Waals surface area contributed by atoms with Gasteiger partial charge in [-0.25, -0.2) is 0 Å². The van der Waals surface area contributed by atoms with Crippen molar-refractivity contribution >= 4 is 17.8 Å². The molecule has 30 heavy (non-hydrogen) atoms. The average molecular weight is 399 g/mol. The van der Waals surface area contributed by atoms with Gasteiger partial charge in [0.1, 0.15) is 17.2 Å². The van der Waals surface area contributed by atoms with Gasteiger partial charge in [0, 0.05) is 29.4 Å². The van der Waals surface area contributed by atoms with E-state index in [0.717, 1.165) is 11.1 Å². The molecule has 6 heteroatoms. The topological polar surface area (TPSA) is 74.7 Å². The van der Waals surface area contributed by atoms with Gasteiger partial charge in [0.2, 0.25) is 5.78 Å². The van der Waals surface area contributed by atoms with Gasteiger partial charge in [-0.2, -0.15) is 0 Å². The molecule has 0 fully saturated rings. The maximum absolute atomic E-state index is 13.0. The zero-order chi connectivity index (χ0) is 20.7. The van der Waals surface area contributed by atoms with Gasteiger partial charge in [0.15, 0.2) is 5.76 Å². The first-order chi connectivity index (χ1) is 14.7. The summed E-state index contributed by atoms with van der Waals surface area (Å²) in [7, 11) is 1.59. The van der Waals surface area contributed by atoms with Crippen LogP contribution in [0.4, 0.5) is 0 Å². The van der Waals surface area contributed by atoms with E-state index in [0.29, 0.717) is 28.4 Å². The second-order valence-corrected chi connectivity index (χ2v) is 7.05. The maximum atomic E-state index is 13.0. The van der Waals surface area contributed by atoms with Crippen LogP contribution in [0.15, 0.2) is 66.7 Å². The van der Waals surface area contributed by atoms with Crippen molar-refractivity contribution in [1.82, 2.24) is 4.98 Å². The van der Waals surface area contributed by atoms with Gasteiger partial charge in [-0.3, -0.25) is 14.6 Å². The molecule has 2 aromatic carbocycles. The first kappa shape index (κ1) is 18.1. The van der Waals surface area contributed by atoms with Crippen LogP contribution in [0.25, 0.3) is 6.08 Å². The molecule has 0 bridgehead atoms. The van der Waals surface area contributed by atoms with Crippen LogP contribution >= 0.6 is 0 Å². The van der Waals surface area contributed by atoms with Gasteiger partial charge in [0.25, 0.3) is 0 Å². The molecule has 0 saturated carbocycles. The molecule has 0 spiro atoms. The molecule has 6 nitrogen and oxygen atoms in total.